The molecule has 0 radical (unpaired) electrons. The molecule has 4 rings (SSSR count). The van der Waals surface area contributed by atoms with Crippen molar-refractivity contribution in [3.63, 3.8) is 0 Å². The van der Waals surface area contributed by atoms with Crippen LogP contribution in [-0.2, 0) is 33.4 Å². The fourth-order valence-electron chi connectivity index (χ4n) is 5.72. The monoisotopic (exact) mass is 394 g/mol. The minimum atomic E-state index is -1.08. The quantitative estimate of drug-likeness (QED) is 0.514. The maximum Gasteiger partial charge on any atom is 0.310 e. The van der Waals surface area contributed by atoms with Crippen LogP contribution in [0.3, 0.4) is 0 Å². The molecule has 8 heteroatoms. The van der Waals surface area contributed by atoms with Gasteiger partial charge in [-0.2, -0.15) is 0 Å². The van der Waals surface area contributed by atoms with Crippen molar-refractivity contribution in [1.82, 2.24) is 0 Å². The lowest BCUT2D eigenvalue weighted by molar-refractivity contribution is -0.175. The lowest BCUT2D eigenvalue weighted by atomic mass is 9.78. The summed E-state index contributed by atoms with van der Waals surface area (Å²) in [5.41, 5.74) is -0.450. The highest BCUT2D eigenvalue weighted by atomic mass is 16.6. The van der Waals surface area contributed by atoms with Crippen LogP contribution in [0.4, 0.5) is 0 Å². The number of hydrogen-bond acceptors (Lipinski definition) is 7. The van der Waals surface area contributed by atoms with Crippen molar-refractivity contribution in [1.29, 1.82) is 0 Å². The van der Waals surface area contributed by atoms with Gasteiger partial charge in [-0.25, -0.2) is 0 Å². The van der Waals surface area contributed by atoms with E-state index < -0.39 is 47.6 Å². The first-order valence-corrected chi connectivity index (χ1v) is 10.2. The molecule has 0 spiro atoms. The molecule has 3 aliphatic carbocycles. The Morgan fingerprint density at radius 1 is 1.18 bits per heavy atom. The summed E-state index contributed by atoms with van der Waals surface area (Å²) >= 11 is 0. The third kappa shape index (κ3) is 3.06. The van der Waals surface area contributed by atoms with Crippen LogP contribution < -0.4 is 0 Å². The third-order valence-electron chi connectivity index (χ3n) is 7.10. The lowest BCUT2D eigenvalue weighted by Crippen LogP contribution is -2.45. The van der Waals surface area contributed by atoms with Crippen LogP contribution in [-0.4, -0.2) is 46.8 Å². The minimum absolute atomic E-state index is 0.145. The van der Waals surface area contributed by atoms with Crippen LogP contribution in [0.5, 0.6) is 0 Å². The summed E-state index contributed by atoms with van der Waals surface area (Å²) in [5, 5.41) is 8.73. The van der Waals surface area contributed by atoms with Gasteiger partial charge in [0.15, 0.2) is 0 Å². The molecule has 0 amide bonds. The van der Waals surface area contributed by atoms with Gasteiger partial charge < -0.3 is 19.3 Å². The Kier molecular flexibility index (Phi) is 4.83. The molecule has 0 aromatic rings. The van der Waals surface area contributed by atoms with Crippen molar-refractivity contribution in [2.45, 2.75) is 76.1 Å². The molecule has 0 aromatic carbocycles. The van der Waals surface area contributed by atoms with Crippen molar-refractivity contribution in [2.24, 2.45) is 23.7 Å². The zero-order valence-corrected chi connectivity index (χ0v) is 15.9. The topological polar surface area (TPSA) is 116 Å². The molecule has 4 fully saturated rings. The predicted octanol–water partition coefficient (Wildman–Crippen LogP) is 1.84. The second-order valence-corrected chi connectivity index (χ2v) is 8.53. The van der Waals surface area contributed by atoms with E-state index in [9.17, 15) is 19.2 Å². The number of rotatable bonds is 7. The van der Waals surface area contributed by atoms with Crippen LogP contribution >= 0.6 is 0 Å². The fourth-order valence-corrected chi connectivity index (χ4v) is 5.72. The van der Waals surface area contributed by atoms with Gasteiger partial charge in [0.2, 0.25) is 0 Å². The normalized spacial score (nSPS) is 37.0. The highest BCUT2D eigenvalue weighted by Crippen LogP contribution is 2.59. The van der Waals surface area contributed by atoms with Gasteiger partial charge in [0.25, 0.3) is 0 Å². The number of carboxylic acids is 1. The van der Waals surface area contributed by atoms with Gasteiger partial charge >= 0.3 is 23.9 Å². The Morgan fingerprint density at radius 3 is 2.54 bits per heavy atom. The van der Waals surface area contributed by atoms with Gasteiger partial charge in [0, 0.05) is 11.8 Å². The molecule has 154 valence electrons. The second kappa shape index (κ2) is 7.04. The van der Waals surface area contributed by atoms with E-state index in [1.165, 1.54) is 0 Å². The minimum Gasteiger partial charge on any atom is -0.481 e. The van der Waals surface area contributed by atoms with Crippen molar-refractivity contribution < 1.29 is 38.5 Å². The second-order valence-electron chi connectivity index (χ2n) is 8.53. The fraction of sp³-hybridized carbons (Fsp3) is 0.800. The van der Waals surface area contributed by atoms with E-state index >= 15 is 0 Å². The first-order chi connectivity index (χ1) is 13.3. The highest BCUT2D eigenvalue weighted by Gasteiger charge is 2.70. The Hall–Kier alpha value is -2.12. The van der Waals surface area contributed by atoms with Gasteiger partial charge in [0.05, 0.1) is 24.7 Å². The van der Waals surface area contributed by atoms with Crippen molar-refractivity contribution in [3.8, 4) is 0 Å². The number of carboxylic acid groups (broad SMARTS) is 1. The van der Waals surface area contributed by atoms with Crippen molar-refractivity contribution in [3.05, 3.63) is 0 Å². The summed E-state index contributed by atoms with van der Waals surface area (Å²) in [6, 6.07) is 0. The highest BCUT2D eigenvalue weighted by molar-refractivity contribution is 5.86. The maximum absolute atomic E-state index is 13.1. The van der Waals surface area contributed by atoms with E-state index in [1.807, 2.05) is 6.92 Å². The molecule has 1 saturated heterocycles. The van der Waals surface area contributed by atoms with Crippen LogP contribution in [0.1, 0.15) is 58.3 Å². The van der Waals surface area contributed by atoms with Gasteiger partial charge in [0.1, 0.15) is 17.8 Å². The van der Waals surface area contributed by atoms with E-state index in [0.29, 0.717) is 6.42 Å². The molecular formula is C20H26O8. The standard InChI is InChI=1S/C20H26O8/c1-2-20(7-3-4-8-20)28-19(25)15-11-9-10-14(15)18(24)27-17(10)16(11)26-13(23)6-5-12(21)22/h10-11,14-17H,2-9H2,1H3,(H,21,22). The number of esters is 3. The van der Waals surface area contributed by atoms with E-state index in [2.05, 4.69) is 0 Å². The average molecular weight is 394 g/mol. The molecule has 0 aromatic heterocycles. The summed E-state index contributed by atoms with van der Waals surface area (Å²) < 4.78 is 16.9. The average Bonchev–Trinajstić information content (AvgIpc) is 3.38. The molecule has 1 heterocycles. The lowest BCUT2D eigenvalue weighted by Gasteiger charge is -2.34. The Labute approximate surface area is 162 Å². The Morgan fingerprint density at radius 2 is 1.89 bits per heavy atom. The van der Waals surface area contributed by atoms with Gasteiger partial charge in [-0.15, -0.1) is 0 Å². The molecule has 1 aliphatic heterocycles. The summed E-state index contributed by atoms with van der Waals surface area (Å²) in [4.78, 5) is 48.2. The molecular weight excluding hydrogens is 368 g/mol. The largest absolute Gasteiger partial charge is 0.481 e. The third-order valence-corrected chi connectivity index (χ3v) is 7.10. The Balaban J connectivity index is 1.49. The summed E-state index contributed by atoms with van der Waals surface area (Å²) in [5.74, 6) is -4.17. The van der Waals surface area contributed by atoms with Crippen molar-refractivity contribution >= 4 is 23.9 Å². The summed E-state index contributed by atoms with van der Waals surface area (Å²) in [6.07, 6.45) is 3.23. The Bertz CT molecular complexity index is 694. The van der Waals surface area contributed by atoms with Crippen LogP contribution in [0.25, 0.3) is 0 Å². The van der Waals surface area contributed by atoms with Crippen LogP contribution in [0.15, 0.2) is 0 Å². The van der Waals surface area contributed by atoms with Crippen LogP contribution in [0.2, 0.25) is 0 Å². The van der Waals surface area contributed by atoms with Crippen molar-refractivity contribution in [2.75, 3.05) is 0 Å². The zero-order valence-electron chi connectivity index (χ0n) is 15.9. The molecule has 3 saturated carbocycles. The van der Waals surface area contributed by atoms with Gasteiger partial charge in [-0.05, 0) is 38.5 Å². The van der Waals surface area contributed by atoms with Gasteiger partial charge in [-0.1, -0.05) is 6.92 Å². The first kappa shape index (κ1) is 19.2. The summed E-state index contributed by atoms with van der Waals surface area (Å²) in [6.45, 7) is 2.01. The number of ether oxygens (including phenoxy) is 3. The van der Waals surface area contributed by atoms with E-state index in [1.54, 1.807) is 0 Å². The number of aliphatic carboxylic acids is 1. The molecule has 8 nitrogen and oxygen atoms in total. The van der Waals surface area contributed by atoms with E-state index in [4.69, 9.17) is 19.3 Å². The predicted molar refractivity (Wildman–Crippen MR) is 92.8 cm³/mol. The molecule has 6 atom stereocenters. The number of carbonyl (C=O) groups excluding carboxylic acids is 3. The number of fused-ring (bicyclic) bond motifs is 1. The maximum atomic E-state index is 13.1. The van der Waals surface area contributed by atoms with E-state index in [0.717, 1.165) is 32.1 Å². The van der Waals surface area contributed by atoms with Crippen LogP contribution in [0, 0.1) is 23.7 Å². The molecule has 2 bridgehead atoms. The van der Waals surface area contributed by atoms with Gasteiger partial charge in [-0.3, -0.25) is 19.2 Å². The van der Waals surface area contributed by atoms with E-state index in [-0.39, 0.29) is 30.6 Å². The SMILES string of the molecule is CCC1(OC(=O)C2C3CC4C(OC(=O)C42)C3OC(=O)CCC(=O)O)CCCC1. The molecule has 6 unspecified atom stereocenters. The first-order valence-electron chi connectivity index (χ1n) is 10.2. The zero-order chi connectivity index (χ0) is 20.1. The number of carbonyl (C=O) groups is 4. The molecule has 28 heavy (non-hydrogen) atoms. The summed E-state index contributed by atoms with van der Waals surface area (Å²) in [7, 11) is 0. The number of hydrogen-bond donors (Lipinski definition) is 1. The molecule has 4 aliphatic rings. The molecule has 1 N–H and O–H groups in total. The smallest absolute Gasteiger partial charge is 0.310 e.